The molecule has 1 atom stereocenters. The Hall–Kier alpha value is -3.95. The number of anilines is 1. The number of benzene rings is 3. The van der Waals surface area contributed by atoms with Gasteiger partial charge in [-0.2, -0.15) is 0 Å². The summed E-state index contributed by atoms with van der Waals surface area (Å²) < 4.78 is 11.5. The van der Waals surface area contributed by atoms with Crippen molar-refractivity contribution in [1.29, 1.82) is 0 Å². The number of hydrogen-bond acceptors (Lipinski definition) is 5. The topological polar surface area (TPSA) is 62.2 Å². The zero-order chi connectivity index (χ0) is 28.1. The van der Waals surface area contributed by atoms with Gasteiger partial charge in [0.2, 0.25) is 0 Å². The zero-order valence-corrected chi connectivity index (χ0v) is 23.7. The number of ether oxygens (including phenoxy) is 2. The highest BCUT2D eigenvalue weighted by Gasteiger charge is 2.43. The number of carboxylic acid groups (broad SMARTS) is 1. The van der Waals surface area contributed by atoms with Gasteiger partial charge in [0.15, 0.2) is 0 Å². The molecule has 1 saturated heterocycles. The quantitative estimate of drug-likeness (QED) is 0.346. The minimum absolute atomic E-state index is 0.00772. The Labute approximate surface area is 237 Å². The molecule has 6 heteroatoms. The van der Waals surface area contributed by atoms with Gasteiger partial charge in [0.05, 0.1) is 19.4 Å². The van der Waals surface area contributed by atoms with Crippen molar-refractivity contribution in [1.82, 2.24) is 4.90 Å². The fourth-order valence-corrected chi connectivity index (χ4v) is 6.15. The van der Waals surface area contributed by atoms with Crippen LogP contribution in [0.25, 0.3) is 0 Å². The molecular formula is C34H38N2O4. The van der Waals surface area contributed by atoms with Gasteiger partial charge >= 0.3 is 5.97 Å². The lowest BCUT2D eigenvalue weighted by atomic mass is 9.74. The Morgan fingerprint density at radius 2 is 1.68 bits per heavy atom. The Morgan fingerprint density at radius 1 is 1.00 bits per heavy atom. The molecule has 1 spiro atoms. The summed E-state index contributed by atoms with van der Waals surface area (Å²) in [7, 11) is 3.95. The average molecular weight is 539 g/mol. The summed E-state index contributed by atoms with van der Waals surface area (Å²) in [6.07, 6.45) is 2.31. The summed E-state index contributed by atoms with van der Waals surface area (Å²) in [6.45, 7) is 6.42. The van der Waals surface area contributed by atoms with Crippen LogP contribution in [0.3, 0.4) is 0 Å². The van der Waals surface area contributed by atoms with Crippen molar-refractivity contribution in [3.05, 3.63) is 89.0 Å². The van der Waals surface area contributed by atoms with Crippen LogP contribution in [0.15, 0.2) is 66.7 Å². The van der Waals surface area contributed by atoms with Crippen LogP contribution in [0.1, 0.15) is 54.4 Å². The Kier molecular flexibility index (Phi) is 8.32. The first kappa shape index (κ1) is 27.6. The molecule has 1 N–H and O–H groups in total. The molecule has 5 rings (SSSR count). The predicted molar refractivity (Wildman–Crippen MR) is 158 cm³/mol. The standard InChI is InChI=1S/C34H38N2O4/c1-4-5-28(20-33(37)38)27-10-12-29(13-11-27)40-23-26-8-6-25(7-9-26)22-36-18-16-34(17-19-36)24-35(2)32-15-14-30(39-3)21-31(32)34/h6-15,21,28H,16-20,22-24H2,1-3H3,(H,37,38)/t28-/m0/s1. The van der Waals surface area contributed by atoms with Crippen LogP contribution < -0.4 is 14.4 Å². The highest BCUT2D eigenvalue weighted by atomic mass is 16.5. The maximum Gasteiger partial charge on any atom is 0.304 e. The predicted octanol–water partition coefficient (Wildman–Crippen LogP) is 5.84. The third kappa shape index (κ3) is 6.11. The second-order valence-corrected chi connectivity index (χ2v) is 11.0. The molecule has 2 heterocycles. The Morgan fingerprint density at radius 3 is 2.33 bits per heavy atom. The first-order valence-electron chi connectivity index (χ1n) is 14.0. The fourth-order valence-electron chi connectivity index (χ4n) is 6.15. The number of nitrogens with zero attached hydrogens (tertiary/aromatic N) is 2. The molecule has 0 aliphatic carbocycles. The second-order valence-electron chi connectivity index (χ2n) is 11.0. The number of rotatable bonds is 9. The number of carbonyl (C=O) groups is 1. The normalized spacial score (nSPS) is 16.6. The SMILES string of the molecule is CC#C[C@@H](CC(=O)O)c1ccc(OCc2ccc(CN3CCC4(CC3)CN(C)c3ccc(OC)cc34)cc2)cc1. The maximum atomic E-state index is 11.1. The summed E-state index contributed by atoms with van der Waals surface area (Å²) in [5, 5.41) is 9.15. The third-order valence-corrected chi connectivity index (χ3v) is 8.35. The van der Waals surface area contributed by atoms with Crippen molar-refractivity contribution in [3.63, 3.8) is 0 Å². The molecule has 2 aliphatic rings. The Bertz CT molecular complexity index is 1380. The maximum absolute atomic E-state index is 11.1. The van der Waals surface area contributed by atoms with Crippen molar-refractivity contribution in [2.75, 3.05) is 38.7 Å². The van der Waals surface area contributed by atoms with E-state index in [-0.39, 0.29) is 17.8 Å². The van der Waals surface area contributed by atoms with Crippen LogP contribution in [0.4, 0.5) is 5.69 Å². The number of likely N-dealkylation sites (N-methyl/N-ethyl adjacent to an activating group) is 1. The molecule has 2 aliphatic heterocycles. The van der Waals surface area contributed by atoms with E-state index >= 15 is 0 Å². The van der Waals surface area contributed by atoms with E-state index in [2.05, 4.69) is 71.2 Å². The van der Waals surface area contributed by atoms with E-state index in [0.717, 1.165) is 61.6 Å². The summed E-state index contributed by atoms with van der Waals surface area (Å²) in [5.41, 5.74) is 6.33. The van der Waals surface area contributed by atoms with Crippen molar-refractivity contribution in [3.8, 4) is 23.3 Å². The molecule has 0 unspecified atom stereocenters. The zero-order valence-electron chi connectivity index (χ0n) is 23.7. The van der Waals surface area contributed by atoms with Crippen LogP contribution in [0.5, 0.6) is 11.5 Å². The van der Waals surface area contributed by atoms with Gasteiger partial charge in [-0.25, -0.2) is 0 Å². The van der Waals surface area contributed by atoms with E-state index in [4.69, 9.17) is 14.6 Å². The number of likely N-dealkylation sites (tertiary alicyclic amines) is 1. The number of methoxy groups -OCH3 is 1. The van der Waals surface area contributed by atoms with Crippen molar-refractivity contribution < 1.29 is 19.4 Å². The highest BCUT2D eigenvalue weighted by molar-refractivity contribution is 5.69. The van der Waals surface area contributed by atoms with Crippen LogP contribution in [-0.2, 0) is 23.4 Å². The van der Waals surface area contributed by atoms with Crippen LogP contribution >= 0.6 is 0 Å². The van der Waals surface area contributed by atoms with Crippen molar-refractivity contribution >= 4 is 11.7 Å². The van der Waals surface area contributed by atoms with Gasteiger partial charge in [0, 0.05) is 31.2 Å². The molecule has 6 nitrogen and oxygen atoms in total. The van der Waals surface area contributed by atoms with Gasteiger partial charge in [-0.1, -0.05) is 42.3 Å². The number of aliphatic carboxylic acids is 1. The summed E-state index contributed by atoms with van der Waals surface area (Å²) in [6, 6.07) is 22.8. The number of fused-ring (bicyclic) bond motifs is 2. The van der Waals surface area contributed by atoms with Crippen LogP contribution in [0, 0.1) is 11.8 Å². The monoisotopic (exact) mass is 538 g/mol. The van der Waals surface area contributed by atoms with Gasteiger partial charge in [-0.05, 0) is 85.4 Å². The highest BCUT2D eigenvalue weighted by Crippen LogP contribution is 2.47. The molecule has 0 bridgehead atoms. The van der Waals surface area contributed by atoms with Gasteiger partial charge in [-0.15, -0.1) is 5.92 Å². The van der Waals surface area contributed by atoms with Crippen LogP contribution in [0.2, 0.25) is 0 Å². The van der Waals surface area contributed by atoms with E-state index in [9.17, 15) is 4.79 Å². The number of hydrogen-bond donors (Lipinski definition) is 1. The largest absolute Gasteiger partial charge is 0.497 e. The number of piperidine rings is 1. The van der Waals surface area contributed by atoms with E-state index in [1.807, 2.05) is 24.3 Å². The van der Waals surface area contributed by atoms with E-state index in [1.54, 1.807) is 14.0 Å². The molecule has 3 aromatic rings. The van der Waals surface area contributed by atoms with Crippen LogP contribution in [-0.4, -0.2) is 49.8 Å². The van der Waals surface area contributed by atoms with Gasteiger partial charge in [-0.3, -0.25) is 9.69 Å². The van der Waals surface area contributed by atoms with E-state index < -0.39 is 5.97 Å². The minimum Gasteiger partial charge on any atom is -0.497 e. The molecule has 0 aromatic heterocycles. The van der Waals surface area contributed by atoms with Crippen molar-refractivity contribution in [2.24, 2.45) is 0 Å². The Balaban J connectivity index is 1.13. The first-order valence-corrected chi connectivity index (χ1v) is 14.0. The van der Waals surface area contributed by atoms with Gasteiger partial charge in [0.25, 0.3) is 0 Å². The lowest BCUT2D eigenvalue weighted by Crippen LogP contribution is -2.44. The van der Waals surface area contributed by atoms with Gasteiger partial charge in [0.1, 0.15) is 18.1 Å². The summed E-state index contributed by atoms with van der Waals surface area (Å²) >= 11 is 0. The molecule has 0 saturated carbocycles. The van der Waals surface area contributed by atoms with E-state index in [0.29, 0.717) is 6.61 Å². The van der Waals surface area contributed by atoms with Gasteiger partial charge < -0.3 is 19.5 Å². The summed E-state index contributed by atoms with van der Waals surface area (Å²) in [5.74, 6) is 6.35. The molecule has 3 aromatic carbocycles. The van der Waals surface area contributed by atoms with Crippen molar-refractivity contribution in [2.45, 2.75) is 50.7 Å². The average Bonchev–Trinajstić information content (AvgIpc) is 3.23. The third-order valence-electron chi connectivity index (χ3n) is 8.35. The first-order chi connectivity index (χ1) is 19.4. The molecular weight excluding hydrogens is 500 g/mol. The molecule has 208 valence electrons. The smallest absolute Gasteiger partial charge is 0.304 e. The summed E-state index contributed by atoms with van der Waals surface area (Å²) in [4.78, 5) is 16.1. The second kappa shape index (κ2) is 12.1. The van der Waals surface area contributed by atoms with E-state index in [1.165, 1.54) is 16.8 Å². The molecule has 40 heavy (non-hydrogen) atoms. The lowest BCUT2D eigenvalue weighted by Gasteiger charge is -2.40. The molecule has 0 amide bonds. The molecule has 0 radical (unpaired) electrons. The minimum atomic E-state index is -0.853. The lowest BCUT2D eigenvalue weighted by molar-refractivity contribution is -0.137. The number of carboxylic acids is 1. The fraction of sp³-hybridized carbons (Fsp3) is 0.382. The molecule has 1 fully saturated rings.